The molecule has 0 spiro atoms. The fourth-order valence-electron chi connectivity index (χ4n) is 3.36. The predicted molar refractivity (Wildman–Crippen MR) is 110 cm³/mol. The van der Waals surface area contributed by atoms with E-state index < -0.39 is 0 Å². The Morgan fingerprint density at radius 3 is 2.82 bits per heavy atom. The van der Waals surface area contributed by atoms with E-state index in [0.717, 1.165) is 34.6 Å². The Hall–Kier alpha value is -2.24. The average molecular weight is 404 g/mol. The van der Waals surface area contributed by atoms with Crippen LogP contribution in [0, 0.1) is 0 Å². The summed E-state index contributed by atoms with van der Waals surface area (Å²) in [4.78, 5) is 12.3. The molecular weight excluding hydrogens is 376 g/mol. The number of benzene rings is 2. The number of nitrogens with one attached hydrogen (secondary N) is 1. The summed E-state index contributed by atoms with van der Waals surface area (Å²) in [5.41, 5.74) is 3.24. The number of amides is 1. The van der Waals surface area contributed by atoms with E-state index in [1.165, 1.54) is 0 Å². The molecule has 1 heterocycles. The van der Waals surface area contributed by atoms with Crippen LogP contribution in [0.2, 0.25) is 5.02 Å². The number of fused-ring (bicyclic) bond motifs is 1. The second-order valence-corrected chi connectivity index (χ2v) is 7.63. The van der Waals surface area contributed by atoms with Gasteiger partial charge < -0.3 is 20.1 Å². The lowest BCUT2D eigenvalue weighted by molar-refractivity contribution is -0.682. The number of halogens is 1. The molecule has 2 aromatic carbocycles. The first-order valence-corrected chi connectivity index (χ1v) is 10.1. The quantitative estimate of drug-likeness (QED) is 0.712. The molecule has 3 N–H and O–H groups in total. The fraction of sp³-hybridized carbons (Fsp3) is 0.409. The van der Waals surface area contributed by atoms with Crippen LogP contribution >= 0.6 is 11.6 Å². The van der Waals surface area contributed by atoms with Gasteiger partial charge in [0.05, 0.1) is 6.61 Å². The summed E-state index contributed by atoms with van der Waals surface area (Å²) in [6.07, 6.45) is 1.07. The van der Waals surface area contributed by atoms with E-state index in [2.05, 4.69) is 19.2 Å². The first kappa shape index (κ1) is 20.5. The highest BCUT2D eigenvalue weighted by molar-refractivity contribution is 6.30. The van der Waals surface area contributed by atoms with Crippen molar-refractivity contribution >= 4 is 17.5 Å². The third-order valence-electron chi connectivity index (χ3n) is 4.91. The van der Waals surface area contributed by atoms with Crippen molar-refractivity contribution in [2.75, 3.05) is 13.2 Å². The van der Waals surface area contributed by atoms with E-state index in [-0.39, 0.29) is 18.1 Å². The summed E-state index contributed by atoms with van der Waals surface area (Å²) in [6, 6.07) is 11.9. The zero-order valence-electron chi connectivity index (χ0n) is 16.6. The lowest BCUT2D eigenvalue weighted by Crippen LogP contribution is -2.87. The number of hydrogen-bond acceptors (Lipinski definition) is 3. The second-order valence-electron chi connectivity index (χ2n) is 7.19. The van der Waals surface area contributed by atoms with Crippen LogP contribution in [0.1, 0.15) is 43.5 Å². The summed E-state index contributed by atoms with van der Waals surface area (Å²) in [6.45, 7) is 7.45. The topological polar surface area (TPSA) is 64.2 Å². The Labute approximate surface area is 171 Å². The van der Waals surface area contributed by atoms with Gasteiger partial charge in [-0.1, -0.05) is 23.7 Å². The summed E-state index contributed by atoms with van der Waals surface area (Å²) >= 11 is 5.93. The van der Waals surface area contributed by atoms with Gasteiger partial charge in [0.2, 0.25) is 0 Å². The normalized spacial score (nSPS) is 16.2. The maximum atomic E-state index is 12.3. The van der Waals surface area contributed by atoms with Crippen molar-refractivity contribution in [1.82, 2.24) is 5.32 Å². The second kappa shape index (κ2) is 9.30. The molecule has 0 saturated heterocycles. The van der Waals surface area contributed by atoms with Crippen LogP contribution in [0.25, 0.3) is 0 Å². The summed E-state index contributed by atoms with van der Waals surface area (Å²) in [5, 5.41) is 5.71. The number of quaternary nitrogens is 1. The van der Waals surface area contributed by atoms with Crippen molar-refractivity contribution in [2.24, 2.45) is 0 Å². The van der Waals surface area contributed by atoms with Gasteiger partial charge in [0.1, 0.15) is 23.6 Å². The molecular formula is C22H28ClN2O3+. The summed E-state index contributed by atoms with van der Waals surface area (Å²) < 4.78 is 11.6. The van der Waals surface area contributed by atoms with E-state index >= 15 is 0 Å². The van der Waals surface area contributed by atoms with Gasteiger partial charge >= 0.3 is 0 Å². The summed E-state index contributed by atoms with van der Waals surface area (Å²) in [7, 11) is 0. The molecule has 1 aliphatic rings. The highest BCUT2D eigenvalue weighted by Crippen LogP contribution is 2.35. The molecule has 3 rings (SSSR count). The van der Waals surface area contributed by atoms with Crippen LogP contribution in [0.5, 0.6) is 11.5 Å². The van der Waals surface area contributed by atoms with Crippen LogP contribution in [-0.4, -0.2) is 25.2 Å². The SMILES string of the molecule is CCOc1cc2c(cc1CNC(=O)C[NH2+][C@H](C)c1ccc(Cl)cc1)O[C@H](C)C2. The molecule has 0 aromatic heterocycles. The molecule has 0 bridgehead atoms. The summed E-state index contributed by atoms with van der Waals surface area (Å²) in [5.74, 6) is 1.69. The average Bonchev–Trinajstić information content (AvgIpc) is 3.03. The van der Waals surface area contributed by atoms with Crippen LogP contribution < -0.4 is 20.1 Å². The molecule has 0 radical (unpaired) electrons. The van der Waals surface area contributed by atoms with Gasteiger partial charge in [0.25, 0.3) is 5.91 Å². The molecule has 28 heavy (non-hydrogen) atoms. The number of carbonyl (C=O) groups excluding carboxylic acids is 1. The molecule has 5 nitrogen and oxygen atoms in total. The van der Waals surface area contributed by atoms with Crippen molar-refractivity contribution in [1.29, 1.82) is 0 Å². The van der Waals surface area contributed by atoms with Crippen LogP contribution in [0.3, 0.4) is 0 Å². The maximum absolute atomic E-state index is 12.3. The van der Waals surface area contributed by atoms with Crippen molar-refractivity contribution in [2.45, 2.75) is 45.9 Å². The fourth-order valence-corrected chi connectivity index (χ4v) is 3.49. The number of hydrogen-bond donors (Lipinski definition) is 2. The third kappa shape index (κ3) is 5.18. The minimum absolute atomic E-state index is 0.0157. The van der Waals surface area contributed by atoms with E-state index in [9.17, 15) is 4.79 Å². The van der Waals surface area contributed by atoms with Gasteiger partial charge in [-0.05, 0) is 45.0 Å². The highest BCUT2D eigenvalue weighted by atomic mass is 35.5. The molecule has 0 saturated carbocycles. The van der Waals surface area contributed by atoms with Gasteiger partial charge in [-0.2, -0.15) is 0 Å². The minimum Gasteiger partial charge on any atom is -0.494 e. The third-order valence-corrected chi connectivity index (χ3v) is 5.16. The number of nitrogens with two attached hydrogens (primary N) is 1. The molecule has 0 fully saturated rings. The van der Waals surface area contributed by atoms with Crippen molar-refractivity contribution in [3.05, 3.63) is 58.1 Å². The molecule has 2 atom stereocenters. The lowest BCUT2D eigenvalue weighted by atomic mass is 10.1. The van der Waals surface area contributed by atoms with Crippen molar-refractivity contribution in [3.63, 3.8) is 0 Å². The number of ether oxygens (including phenoxy) is 2. The van der Waals surface area contributed by atoms with Crippen molar-refractivity contribution < 1.29 is 19.6 Å². The maximum Gasteiger partial charge on any atom is 0.275 e. The zero-order valence-corrected chi connectivity index (χ0v) is 17.4. The van der Waals surface area contributed by atoms with E-state index in [1.54, 1.807) is 0 Å². The van der Waals surface area contributed by atoms with Gasteiger partial charge in [0.15, 0.2) is 6.54 Å². The van der Waals surface area contributed by atoms with E-state index in [0.29, 0.717) is 24.7 Å². The van der Waals surface area contributed by atoms with Gasteiger partial charge in [-0.3, -0.25) is 4.79 Å². The zero-order chi connectivity index (χ0) is 20.1. The molecule has 150 valence electrons. The highest BCUT2D eigenvalue weighted by Gasteiger charge is 2.22. The molecule has 1 amide bonds. The first-order chi connectivity index (χ1) is 13.5. The van der Waals surface area contributed by atoms with Crippen LogP contribution in [-0.2, 0) is 17.8 Å². The minimum atomic E-state index is -0.0157. The molecule has 6 heteroatoms. The van der Waals surface area contributed by atoms with Gasteiger partial charge in [-0.25, -0.2) is 0 Å². The van der Waals surface area contributed by atoms with Gasteiger partial charge in [0, 0.05) is 34.7 Å². The largest absolute Gasteiger partial charge is 0.494 e. The first-order valence-electron chi connectivity index (χ1n) is 9.77. The Kier molecular flexibility index (Phi) is 6.81. The Balaban J connectivity index is 1.55. The van der Waals surface area contributed by atoms with Crippen LogP contribution in [0.4, 0.5) is 0 Å². The van der Waals surface area contributed by atoms with Crippen LogP contribution in [0.15, 0.2) is 36.4 Å². The lowest BCUT2D eigenvalue weighted by Gasteiger charge is -2.14. The monoisotopic (exact) mass is 403 g/mol. The predicted octanol–water partition coefficient (Wildman–Crippen LogP) is 3.00. The molecule has 0 unspecified atom stereocenters. The number of rotatable bonds is 8. The van der Waals surface area contributed by atoms with Crippen molar-refractivity contribution in [3.8, 4) is 11.5 Å². The Bertz CT molecular complexity index is 823. The molecule has 1 aliphatic heterocycles. The van der Waals surface area contributed by atoms with E-state index in [1.807, 2.05) is 48.6 Å². The molecule has 0 aliphatic carbocycles. The number of carbonyl (C=O) groups is 1. The Morgan fingerprint density at radius 1 is 1.36 bits per heavy atom. The molecule has 2 aromatic rings. The van der Waals surface area contributed by atoms with E-state index in [4.69, 9.17) is 21.1 Å². The standard InChI is InChI=1S/C22H27ClN2O3/c1-4-27-20-10-17-9-14(2)28-21(17)11-18(20)12-25-22(26)13-24-15(3)16-5-7-19(23)8-6-16/h5-8,10-11,14-15,24H,4,9,12-13H2,1-3H3,(H,25,26)/p+1/t14-,15-/m1/s1. The van der Waals surface area contributed by atoms with Gasteiger partial charge in [-0.15, -0.1) is 0 Å². The smallest absolute Gasteiger partial charge is 0.275 e. The Morgan fingerprint density at radius 2 is 2.11 bits per heavy atom.